The number of aliphatic carboxylic acids is 6. The van der Waals surface area contributed by atoms with Gasteiger partial charge >= 0.3 is 35.8 Å². The normalized spacial score (nSPS) is 14.8. The van der Waals surface area contributed by atoms with Crippen molar-refractivity contribution in [1.82, 2.24) is 0 Å². The summed E-state index contributed by atoms with van der Waals surface area (Å²) in [6, 6.07) is 0. The maximum atomic E-state index is 11.6. The van der Waals surface area contributed by atoms with Crippen LogP contribution in [0.15, 0.2) is 0 Å². The minimum Gasteiger partial charge on any atom is -0.481 e. The van der Waals surface area contributed by atoms with Crippen molar-refractivity contribution in [2.45, 2.75) is 84.3 Å². The van der Waals surface area contributed by atoms with E-state index in [0.29, 0.717) is 0 Å². The highest BCUT2D eigenvalue weighted by Crippen LogP contribution is 2.44. The molecule has 0 aromatic carbocycles. The lowest BCUT2D eigenvalue weighted by molar-refractivity contribution is -0.205. The van der Waals surface area contributed by atoms with Crippen molar-refractivity contribution >= 4 is 35.8 Å². The standard InChI is InChI=1S/C12H20O7.C10H16O7/c1-4-11(5-2,9(15)16)12(10(17)18,19-6-3)7-8(13)14;1-3-9(4-2,7(13)14)10(17,8(15)16)5-6(11)12/h4-7H2,1-3H3,(H,13,14)(H,15,16)(H,17,18);17H,3-5H2,1-2H3,(H,11,12)(H,13,14)(H,15,16). The highest BCUT2D eigenvalue weighted by Gasteiger charge is 2.62. The predicted octanol–water partition coefficient (Wildman–Crippen LogP) is 1.38. The van der Waals surface area contributed by atoms with Crippen LogP contribution in [0.3, 0.4) is 0 Å². The van der Waals surface area contributed by atoms with E-state index < -0.39 is 70.7 Å². The van der Waals surface area contributed by atoms with Crippen LogP contribution >= 0.6 is 0 Å². The Morgan fingerprint density at radius 1 is 0.556 bits per heavy atom. The Kier molecular flexibility index (Phi) is 13.3. The lowest BCUT2D eigenvalue weighted by atomic mass is 9.66. The molecule has 0 aliphatic heterocycles. The largest absolute Gasteiger partial charge is 0.481 e. The first-order valence-corrected chi connectivity index (χ1v) is 11.1. The summed E-state index contributed by atoms with van der Waals surface area (Å²) in [7, 11) is 0. The number of hydrogen-bond acceptors (Lipinski definition) is 8. The summed E-state index contributed by atoms with van der Waals surface area (Å²) < 4.78 is 5.15. The SMILES string of the molecule is CCC(CC)(C(=O)O)C(O)(CC(=O)O)C(=O)O.CCOC(CC(=O)O)(C(=O)O)C(CC)(CC)C(=O)O. The fraction of sp³-hybridized carbons (Fsp3) is 0.727. The second-order valence-corrected chi connectivity index (χ2v) is 8.06. The van der Waals surface area contributed by atoms with Crippen LogP contribution in [0, 0.1) is 10.8 Å². The van der Waals surface area contributed by atoms with Gasteiger partial charge in [-0.3, -0.25) is 19.2 Å². The third-order valence-corrected chi connectivity index (χ3v) is 6.69. The van der Waals surface area contributed by atoms with Crippen molar-refractivity contribution in [2.24, 2.45) is 10.8 Å². The molecule has 0 heterocycles. The molecule has 0 amide bonds. The number of carboxylic acids is 6. The summed E-state index contributed by atoms with van der Waals surface area (Å²) in [5.41, 5.74) is -8.90. The number of carbonyl (C=O) groups is 6. The molecule has 0 radical (unpaired) electrons. The quantitative estimate of drug-likeness (QED) is 0.151. The molecule has 14 nitrogen and oxygen atoms in total. The monoisotopic (exact) mass is 524 g/mol. The highest BCUT2D eigenvalue weighted by molar-refractivity contribution is 5.93. The smallest absolute Gasteiger partial charge is 0.337 e. The van der Waals surface area contributed by atoms with E-state index in [9.17, 15) is 44.1 Å². The van der Waals surface area contributed by atoms with Crippen LogP contribution in [0.4, 0.5) is 0 Å². The van der Waals surface area contributed by atoms with Gasteiger partial charge in [0.05, 0.1) is 12.8 Å². The zero-order chi connectivity index (χ0) is 29.1. The highest BCUT2D eigenvalue weighted by atomic mass is 16.5. The van der Waals surface area contributed by atoms with Crippen LogP contribution in [0.1, 0.15) is 73.1 Å². The zero-order valence-corrected chi connectivity index (χ0v) is 20.9. The second kappa shape index (κ2) is 13.7. The van der Waals surface area contributed by atoms with Crippen LogP contribution in [0.5, 0.6) is 0 Å². The van der Waals surface area contributed by atoms with Gasteiger partial charge in [-0.2, -0.15) is 0 Å². The minimum absolute atomic E-state index is 0.0432. The fourth-order valence-electron chi connectivity index (χ4n) is 4.44. The van der Waals surface area contributed by atoms with E-state index in [1.165, 1.54) is 34.6 Å². The number of carboxylic acid groups (broad SMARTS) is 6. The van der Waals surface area contributed by atoms with Gasteiger partial charge in [0.15, 0.2) is 11.2 Å². The van der Waals surface area contributed by atoms with Crippen molar-refractivity contribution < 1.29 is 69.2 Å². The first-order valence-electron chi connectivity index (χ1n) is 11.1. The Morgan fingerprint density at radius 3 is 1.11 bits per heavy atom. The molecule has 0 fully saturated rings. The molecule has 0 rings (SSSR count). The van der Waals surface area contributed by atoms with Crippen LogP contribution in [-0.4, -0.2) is 89.4 Å². The maximum absolute atomic E-state index is 11.6. The van der Waals surface area contributed by atoms with Crippen molar-refractivity contribution in [2.75, 3.05) is 6.61 Å². The Morgan fingerprint density at radius 2 is 0.917 bits per heavy atom. The number of ether oxygens (including phenoxy) is 1. The van der Waals surface area contributed by atoms with Crippen LogP contribution < -0.4 is 0 Å². The van der Waals surface area contributed by atoms with E-state index in [2.05, 4.69) is 0 Å². The number of rotatable bonds is 16. The average molecular weight is 525 g/mol. The third kappa shape index (κ3) is 6.49. The molecule has 208 valence electrons. The Balaban J connectivity index is 0. The molecule has 0 aliphatic rings. The molecule has 0 aromatic rings. The van der Waals surface area contributed by atoms with Crippen molar-refractivity contribution in [1.29, 1.82) is 0 Å². The summed E-state index contributed by atoms with van der Waals surface area (Å²) >= 11 is 0. The first kappa shape index (κ1) is 34.9. The van der Waals surface area contributed by atoms with Crippen LogP contribution in [0.2, 0.25) is 0 Å². The van der Waals surface area contributed by atoms with Crippen LogP contribution in [0.25, 0.3) is 0 Å². The van der Waals surface area contributed by atoms with Gasteiger partial charge in [0, 0.05) is 6.61 Å². The Hall–Kier alpha value is -3.26. The molecule has 0 aromatic heterocycles. The topological polar surface area (TPSA) is 253 Å². The van der Waals surface area contributed by atoms with Gasteiger partial charge < -0.3 is 40.5 Å². The van der Waals surface area contributed by atoms with E-state index in [1.807, 2.05) is 0 Å². The summed E-state index contributed by atoms with van der Waals surface area (Å²) in [4.78, 5) is 66.9. The van der Waals surface area contributed by atoms with Gasteiger partial charge in [-0.15, -0.1) is 0 Å². The number of hydrogen-bond donors (Lipinski definition) is 7. The summed E-state index contributed by atoms with van der Waals surface area (Å²) in [5.74, 6) is -9.28. The molecular formula is C22H36O14. The van der Waals surface area contributed by atoms with Gasteiger partial charge in [0.1, 0.15) is 10.8 Å². The molecule has 0 spiro atoms. The van der Waals surface area contributed by atoms with Crippen LogP contribution in [-0.2, 0) is 33.5 Å². The van der Waals surface area contributed by atoms with E-state index in [0.717, 1.165) is 0 Å². The average Bonchev–Trinajstić information content (AvgIpc) is 2.75. The maximum Gasteiger partial charge on any atom is 0.337 e. The molecular weight excluding hydrogens is 488 g/mol. The molecule has 0 aliphatic carbocycles. The van der Waals surface area contributed by atoms with Gasteiger partial charge in [-0.1, -0.05) is 27.7 Å². The van der Waals surface area contributed by atoms with Crippen molar-refractivity contribution in [3.05, 3.63) is 0 Å². The Bertz CT molecular complexity index is 827. The van der Waals surface area contributed by atoms with E-state index in [-0.39, 0.29) is 32.3 Å². The predicted molar refractivity (Wildman–Crippen MR) is 120 cm³/mol. The van der Waals surface area contributed by atoms with Crippen molar-refractivity contribution in [3.63, 3.8) is 0 Å². The molecule has 7 N–H and O–H groups in total. The molecule has 0 saturated carbocycles. The molecule has 2 atom stereocenters. The van der Waals surface area contributed by atoms with E-state index in [1.54, 1.807) is 0 Å². The third-order valence-electron chi connectivity index (χ3n) is 6.69. The van der Waals surface area contributed by atoms with Gasteiger partial charge in [-0.25, -0.2) is 9.59 Å². The summed E-state index contributed by atoms with van der Waals surface area (Å²) in [6.07, 6.45) is -2.51. The number of aliphatic hydroxyl groups is 1. The molecule has 36 heavy (non-hydrogen) atoms. The fourth-order valence-corrected chi connectivity index (χ4v) is 4.44. The molecule has 14 heteroatoms. The molecule has 0 bridgehead atoms. The van der Waals surface area contributed by atoms with Gasteiger partial charge in [0.2, 0.25) is 0 Å². The summed E-state index contributed by atoms with van der Waals surface area (Å²) in [6.45, 7) is 7.22. The summed E-state index contributed by atoms with van der Waals surface area (Å²) in [5, 5.41) is 64.4. The van der Waals surface area contributed by atoms with Gasteiger partial charge in [-0.05, 0) is 32.6 Å². The van der Waals surface area contributed by atoms with Gasteiger partial charge in [0.25, 0.3) is 0 Å². The Labute approximate surface area is 207 Å². The van der Waals surface area contributed by atoms with Crippen molar-refractivity contribution in [3.8, 4) is 0 Å². The van der Waals surface area contributed by atoms with E-state index >= 15 is 0 Å². The van der Waals surface area contributed by atoms with E-state index in [4.69, 9.17) is 25.2 Å². The molecule has 2 unspecified atom stereocenters. The minimum atomic E-state index is -2.83. The zero-order valence-electron chi connectivity index (χ0n) is 20.9. The lowest BCUT2D eigenvalue weighted by Crippen LogP contribution is -2.60. The lowest BCUT2D eigenvalue weighted by Gasteiger charge is -2.42. The second-order valence-electron chi connectivity index (χ2n) is 8.06. The first-order chi connectivity index (χ1) is 16.4. The molecule has 0 saturated heterocycles.